The lowest BCUT2D eigenvalue weighted by Gasteiger charge is -2.09. The molecule has 1 aromatic heterocycles. The van der Waals surface area contributed by atoms with E-state index >= 15 is 0 Å². The van der Waals surface area contributed by atoms with Crippen LogP contribution in [0.1, 0.15) is 34.1 Å². The van der Waals surface area contributed by atoms with Crippen molar-refractivity contribution < 1.29 is 28.7 Å². The molecule has 0 saturated heterocycles. The Balaban J connectivity index is 1.64. The standard InChI is InChI=1S/C25H21N3O6S/c1-2-33-25(32)22-19(16-6-4-3-5-7-16)15-35-23(22)28-21(30)14-34-24(31)17-8-10-18(11-9-17)27-20(29)12-13-26/h3-11,15H,2,12,14H2,1H3,(H,27,29)(H,28,30). The van der Waals surface area contributed by atoms with Crippen molar-refractivity contribution >= 4 is 45.8 Å². The fourth-order valence-corrected chi connectivity index (χ4v) is 4.00. The molecule has 2 N–H and O–H groups in total. The van der Waals surface area contributed by atoms with Crippen molar-refractivity contribution in [2.75, 3.05) is 23.8 Å². The summed E-state index contributed by atoms with van der Waals surface area (Å²) in [4.78, 5) is 48.8. The maximum Gasteiger partial charge on any atom is 0.341 e. The molecule has 178 valence electrons. The topological polar surface area (TPSA) is 135 Å². The first-order valence-electron chi connectivity index (χ1n) is 10.5. The van der Waals surface area contributed by atoms with Crippen LogP contribution in [0.15, 0.2) is 60.0 Å². The maximum atomic E-state index is 12.6. The Labute approximate surface area is 205 Å². The molecule has 2 amide bonds. The van der Waals surface area contributed by atoms with E-state index in [0.29, 0.717) is 16.3 Å². The van der Waals surface area contributed by atoms with Gasteiger partial charge < -0.3 is 20.1 Å². The first-order valence-corrected chi connectivity index (χ1v) is 11.4. The largest absolute Gasteiger partial charge is 0.462 e. The minimum absolute atomic E-state index is 0.172. The second kappa shape index (κ2) is 12.1. The van der Waals surface area contributed by atoms with Crippen LogP contribution in [0.2, 0.25) is 0 Å². The summed E-state index contributed by atoms with van der Waals surface area (Å²) in [6.45, 7) is 1.30. The van der Waals surface area contributed by atoms with Crippen LogP contribution in [0.3, 0.4) is 0 Å². The minimum atomic E-state index is -0.739. The van der Waals surface area contributed by atoms with E-state index in [1.165, 1.54) is 35.6 Å². The summed E-state index contributed by atoms with van der Waals surface area (Å²) >= 11 is 1.17. The lowest BCUT2D eigenvalue weighted by Crippen LogP contribution is -2.21. The molecule has 1 heterocycles. The third kappa shape index (κ3) is 6.75. The summed E-state index contributed by atoms with van der Waals surface area (Å²) in [7, 11) is 0. The molecule has 10 heteroatoms. The van der Waals surface area contributed by atoms with Crippen molar-refractivity contribution in [1.29, 1.82) is 5.26 Å². The SMILES string of the molecule is CCOC(=O)c1c(-c2ccccc2)csc1NC(=O)COC(=O)c1ccc(NC(=O)CC#N)cc1. The number of ether oxygens (including phenoxy) is 2. The molecular weight excluding hydrogens is 470 g/mol. The van der Waals surface area contributed by atoms with E-state index in [0.717, 1.165) is 5.56 Å². The predicted molar refractivity (Wildman–Crippen MR) is 130 cm³/mol. The first kappa shape index (κ1) is 25.1. The number of carbonyl (C=O) groups excluding carboxylic acids is 4. The number of amides is 2. The Morgan fingerprint density at radius 1 is 0.914 bits per heavy atom. The molecule has 3 aromatic rings. The zero-order chi connectivity index (χ0) is 25.2. The third-order valence-electron chi connectivity index (χ3n) is 4.59. The summed E-state index contributed by atoms with van der Waals surface area (Å²) in [5.74, 6) is -2.39. The number of hydrogen-bond acceptors (Lipinski definition) is 8. The fourth-order valence-electron chi connectivity index (χ4n) is 3.03. The molecule has 0 spiro atoms. The maximum absolute atomic E-state index is 12.6. The van der Waals surface area contributed by atoms with Gasteiger partial charge in [0.2, 0.25) is 5.91 Å². The Bertz CT molecular complexity index is 1260. The Morgan fingerprint density at radius 2 is 1.63 bits per heavy atom. The number of benzene rings is 2. The van der Waals surface area contributed by atoms with Gasteiger partial charge in [-0.15, -0.1) is 11.3 Å². The van der Waals surface area contributed by atoms with E-state index in [9.17, 15) is 19.2 Å². The van der Waals surface area contributed by atoms with Crippen LogP contribution in [-0.2, 0) is 19.1 Å². The average molecular weight is 492 g/mol. The van der Waals surface area contributed by atoms with Crippen molar-refractivity contribution in [1.82, 2.24) is 0 Å². The van der Waals surface area contributed by atoms with Gasteiger partial charge in [0.15, 0.2) is 6.61 Å². The summed E-state index contributed by atoms with van der Waals surface area (Å²) in [6.07, 6.45) is -0.284. The Morgan fingerprint density at radius 3 is 2.29 bits per heavy atom. The van der Waals surface area contributed by atoms with E-state index in [-0.39, 0.29) is 24.2 Å². The first-order chi connectivity index (χ1) is 16.9. The lowest BCUT2D eigenvalue weighted by molar-refractivity contribution is -0.119. The van der Waals surface area contributed by atoms with Crippen molar-refractivity contribution in [2.24, 2.45) is 0 Å². The molecule has 0 saturated carbocycles. The molecule has 0 aliphatic carbocycles. The molecule has 0 bridgehead atoms. The molecule has 9 nitrogen and oxygen atoms in total. The predicted octanol–water partition coefficient (Wildman–Crippen LogP) is 4.24. The quantitative estimate of drug-likeness (QED) is 0.428. The molecule has 0 fully saturated rings. The van der Waals surface area contributed by atoms with Crippen LogP contribution >= 0.6 is 11.3 Å². The average Bonchev–Trinajstić information content (AvgIpc) is 3.27. The highest BCUT2D eigenvalue weighted by molar-refractivity contribution is 7.15. The normalized spacial score (nSPS) is 10.1. The van der Waals surface area contributed by atoms with E-state index in [4.69, 9.17) is 14.7 Å². The zero-order valence-electron chi connectivity index (χ0n) is 18.7. The van der Waals surface area contributed by atoms with Gasteiger partial charge in [-0.25, -0.2) is 9.59 Å². The van der Waals surface area contributed by atoms with Gasteiger partial charge in [-0.3, -0.25) is 9.59 Å². The van der Waals surface area contributed by atoms with Gasteiger partial charge in [0.05, 0.1) is 18.2 Å². The van der Waals surface area contributed by atoms with Gasteiger partial charge in [-0.2, -0.15) is 5.26 Å². The van der Waals surface area contributed by atoms with Gasteiger partial charge in [0.25, 0.3) is 5.91 Å². The number of nitriles is 1. The lowest BCUT2D eigenvalue weighted by atomic mass is 10.0. The van der Waals surface area contributed by atoms with Gasteiger partial charge >= 0.3 is 11.9 Å². The molecule has 0 aliphatic rings. The highest BCUT2D eigenvalue weighted by Crippen LogP contribution is 2.36. The van der Waals surface area contributed by atoms with Crippen molar-refractivity contribution in [3.05, 3.63) is 71.1 Å². The number of carbonyl (C=O) groups is 4. The molecule has 0 atom stereocenters. The number of nitrogens with zero attached hydrogens (tertiary/aromatic N) is 1. The van der Waals surface area contributed by atoms with Gasteiger partial charge in [0, 0.05) is 16.6 Å². The van der Waals surface area contributed by atoms with Crippen LogP contribution < -0.4 is 10.6 Å². The molecule has 3 rings (SSSR count). The van der Waals surface area contributed by atoms with E-state index < -0.39 is 30.4 Å². The fraction of sp³-hybridized carbons (Fsp3) is 0.160. The van der Waals surface area contributed by atoms with E-state index in [1.54, 1.807) is 18.4 Å². The number of nitrogens with one attached hydrogen (secondary N) is 2. The number of thiophene rings is 1. The Kier molecular flexibility index (Phi) is 8.70. The molecule has 35 heavy (non-hydrogen) atoms. The van der Waals surface area contributed by atoms with Crippen molar-refractivity contribution in [3.63, 3.8) is 0 Å². The molecule has 0 radical (unpaired) electrons. The molecule has 0 unspecified atom stereocenters. The van der Waals surface area contributed by atoms with E-state index in [2.05, 4.69) is 10.6 Å². The smallest absolute Gasteiger partial charge is 0.341 e. The van der Waals surface area contributed by atoms with Crippen molar-refractivity contribution in [3.8, 4) is 17.2 Å². The summed E-state index contributed by atoms with van der Waals surface area (Å²) in [5, 5.41) is 15.7. The van der Waals surface area contributed by atoms with Crippen LogP contribution in [0, 0.1) is 11.3 Å². The van der Waals surface area contributed by atoms with Crippen LogP contribution in [0.25, 0.3) is 11.1 Å². The van der Waals surface area contributed by atoms with E-state index in [1.807, 2.05) is 30.3 Å². The number of hydrogen-bond donors (Lipinski definition) is 2. The van der Waals surface area contributed by atoms with Crippen molar-refractivity contribution in [2.45, 2.75) is 13.3 Å². The van der Waals surface area contributed by atoms with Crippen LogP contribution in [0.5, 0.6) is 0 Å². The molecule has 0 aliphatic heterocycles. The monoisotopic (exact) mass is 491 g/mol. The van der Waals surface area contributed by atoms with Gasteiger partial charge in [-0.05, 0) is 36.8 Å². The molecule has 2 aromatic carbocycles. The second-order valence-corrected chi connectivity index (χ2v) is 7.90. The molecular formula is C25H21N3O6S. The summed E-state index contributed by atoms with van der Waals surface area (Å²) in [6, 6.07) is 16.8. The summed E-state index contributed by atoms with van der Waals surface area (Å²) < 4.78 is 10.2. The number of esters is 2. The number of rotatable bonds is 9. The Hall–Kier alpha value is -4.49. The van der Waals surface area contributed by atoms with Gasteiger partial charge in [-0.1, -0.05) is 30.3 Å². The second-order valence-electron chi connectivity index (χ2n) is 7.02. The van der Waals surface area contributed by atoms with Gasteiger partial charge in [0.1, 0.15) is 17.0 Å². The third-order valence-corrected chi connectivity index (χ3v) is 5.48. The number of anilines is 2. The minimum Gasteiger partial charge on any atom is -0.462 e. The zero-order valence-corrected chi connectivity index (χ0v) is 19.5. The van der Waals surface area contributed by atoms with Crippen LogP contribution in [-0.4, -0.2) is 37.0 Å². The highest BCUT2D eigenvalue weighted by atomic mass is 32.1. The summed E-state index contributed by atoms with van der Waals surface area (Å²) in [5.41, 5.74) is 2.25. The van der Waals surface area contributed by atoms with Crippen LogP contribution in [0.4, 0.5) is 10.7 Å². The highest BCUT2D eigenvalue weighted by Gasteiger charge is 2.23.